The number of hydrogen-bond donors (Lipinski definition) is 0. The lowest BCUT2D eigenvalue weighted by Crippen LogP contribution is -2.10. The summed E-state index contributed by atoms with van der Waals surface area (Å²) in [6, 6.07) is 15.1. The van der Waals surface area contributed by atoms with Crippen molar-refractivity contribution in [3.8, 4) is 0 Å². The second-order valence-electron chi connectivity index (χ2n) is 4.70. The molecule has 0 amide bonds. The molecule has 0 saturated heterocycles. The fourth-order valence-electron chi connectivity index (χ4n) is 2.10. The number of rotatable bonds is 6. The van der Waals surface area contributed by atoms with Gasteiger partial charge in [0.1, 0.15) is 17.9 Å². The van der Waals surface area contributed by atoms with Crippen molar-refractivity contribution < 1.29 is 14.0 Å². The molecule has 1 unspecified atom stereocenters. The lowest BCUT2D eigenvalue weighted by Gasteiger charge is -2.10. The van der Waals surface area contributed by atoms with E-state index in [1.165, 1.54) is 12.1 Å². The van der Waals surface area contributed by atoms with Crippen LogP contribution < -0.4 is 0 Å². The van der Waals surface area contributed by atoms with Gasteiger partial charge in [0, 0.05) is 18.8 Å². The van der Waals surface area contributed by atoms with Gasteiger partial charge in [-0.1, -0.05) is 42.5 Å². The molecule has 0 radical (unpaired) electrons. The molecule has 102 valence electrons. The van der Waals surface area contributed by atoms with E-state index in [2.05, 4.69) is 0 Å². The number of benzene rings is 2. The molecule has 2 nitrogen and oxygen atoms in total. The Kier molecular flexibility index (Phi) is 4.77. The quantitative estimate of drug-likeness (QED) is 0.755. The predicted octanol–water partition coefficient (Wildman–Crippen LogP) is 3.31. The molecule has 0 aliphatic heterocycles. The van der Waals surface area contributed by atoms with E-state index in [9.17, 15) is 14.0 Å². The van der Waals surface area contributed by atoms with Gasteiger partial charge >= 0.3 is 0 Å². The van der Waals surface area contributed by atoms with Crippen LogP contribution in [0.15, 0.2) is 54.6 Å². The van der Waals surface area contributed by atoms with Crippen molar-refractivity contribution in [2.45, 2.75) is 18.8 Å². The van der Waals surface area contributed by atoms with E-state index in [0.717, 1.165) is 11.8 Å². The number of carbonyl (C=O) groups is 2. The number of hydrogen-bond acceptors (Lipinski definition) is 2. The molecule has 0 spiro atoms. The summed E-state index contributed by atoms with van der Waals surface area (Å²) in [6.07, 6.45) is 1.20. The van der Waals surface area contributed by atoms with Crippen LogP contribution in [0.2, 0.25) is 0 Å². The Bertz CT molecular complexity index is 576. The minimum atomic E-state index is -0.508. The molecule has 1 atom stereocenters. The van der Waals surface area contributed by atoms with Gasteiger partial charge in [-0.2, -0.15) is 0 Å². The third-order valence-electron chi connectivity index (χ3n) is 3.15. The van der Waals surface area contributed by atoms with Crippen LogP contribution in [0.25, 0.3) is 0 Å². The smallest absolute Gasteiger partial charge is 0.138 e. The molecule has 0 N–H and O–H groups in total. The minimum Gasteiger partial charge on any atom is -0.303 e. The second kappa shape index (κ2) is 6.75. The highest BCUT2D eigenvalue weighted by molar-refractivity contribution is 5.84. The Balaban J connectivity index is 2.01. The monoisotopic (exact) mass is 270 g/mol. The van der Waals surface area contributed by atoms with Crippen molar-refractivity contribution in [1.29, 1.82) is 0 Å². The van der Waals surface area contributed by atoms with Crippen LogP contribution in [0.3, 0.4) is 0 Å². The first-order valence-corrected chi connectivity index (χ1v) is 6.45. The zero-order valence-corrected chi connectivity index (χ0v) is 11.0. The van der Waals surface area contributed by atoms with Crippen LogP contribution in [-0.2, 0) is 16.0 Å². The predicted molar refractivity (Wildman–Crippen MR) is 75.0 cm³/mol. The standard InChI is InChI=1S/C17H15FO2/c18-16-8-6-14(7-9-16)15(12-19)11-17(20)10-13-4-2-1-3-5-13/h1-9,12,15H,10-11H2. The number of Topliss-reactive ketones (excluding diaryl/α,β-unsaturated/α-hetero) is 1. The van der Waals surface area contributed by atoms with E-state index in [1.54, 1.807) is 12.1 Å². The molecular formula is C17H15FO2. The Morgan fingerprint density at radius 2 is 1.70 bits per heavy atom. The van der Waals surface area contributed by atoms with E-state index in [1.807, 2.05) is 30.3 Å². The second-order valence-corrected chi connectivity index (χ2v) is 4.70. The van der Waals surface area contributed by atoms with Crippen LogP contribution in [-0.4, -0.2) is 12.1 Å². The van der Waals surface area contributed by atoms with Crippen molar-refractivity contribution in [2.75, 3.05) is 0 Å². The van der Waals surface area contributed by atoms with Gasteiger partial charge in [0.05, 0.1) is 0 Å². The third-order valence-corrected chi connectivity index (χ3v) is 3.15. The first-order chi connectivity index (χ1) is 9.69. The Morgan fingerprint density at radius 3 is 2.30 bits per heavy atom. The Hall–Kier alpha value is -2.29. The summed E-state index contributed by atoms with van der Waals surface area (Å²) in [4.78, 5) is 23.1. The highest BCUT2D eigenvalue weighted by Gasteiger charge is 2.15. The molecule has 2 aromatic carbocycles. The van der Waals surface area contributed by atoms with Crippen LogP contribution in [0.4, 0.5) is 4.39 Å². The molecule has 2 rings (SSSR count). The first kappa shape index (κ1) is 14.1. The lowest BCUT2D eigenvalue weighted by molar-refractivity contribution is -0.120. The molecule has 20 heavy (non-hydrogen) atoms. The van der Waals surface area contributed by atoms with Gasteiger partial charge in [0.25, 0.3) is 0 Å². The van der Waals surface area contributed by atoms with Crippen molar-refractivity contribution in [3.63, 3.8) is 0 Å². The van der Waals surface area contributed by atoms with Gasteiger partial charge in [-0.3, -0.25) is 4.79 Å². The van der Waals surface area contributed by atoms with Crippen LogP contribution in [0, 0.1) is 5.82 Å². The lowest BCUT2D eigenvalue weighted by atomic mass is 9.93. The van der Waals surface area contributed by atoms with E-state index < -0.39 is 5.92 Å². The van der Waals surface area contributed by atoms with E-state index in [-0.39, 0.29) is 18.0 Å². The average Bonchev–Trinajstić information content (AvgIpc) is 2.47. The third kappa shape index (κ3) is 3.85. The molecule has 0 fully saturated rings. The normalized spacial score (nSPS) is 11.8. The van der Waals surface area contributed by atoms with E-state index in [0.29, 0.717) is 12.0 Å². The fourth-order valence-corrected chi connectivity index (χ4v) is 2.10. The average molecular weight is 270 g/mol. The molecule has 0 aliphatic rings. The van der Waals surface area contributed by atoms with Crippen LogP contribution in [0.1, 0.15) is 23.5 Å². The molecule has 0 aromatic heterocycles. The van der Waals surface area contributed by atoms with Crippen molar-refractivity contribution in [3.05, 3.63) is 71.5 Å². The van der Waals surface area contributed by atoms with Crippen LogP contribution in [0.5, 0.6) is 0 Å². The molecule has 0 aliphatic carbocycles. The van der Waals surface area contributed by atoms with Crippen molar-refractivity contribution in [1.82, 2.24) is 0 Å². The van der Waals surface area contributed by atoms with Gasteiger partial charge in [-0.15, -0.1) is 0 Å². The maximum Gasteiger partial charge on any atom is 0.138 e. The fraction of sp³-hybridized carbons (Fsp3) is 0.176. The summed E-state index contributed by atoms with van der Waals surface area (Å²) in [5, 5.41) is 0. The minimum absolute atomic E-state index is 0.00220. The summed E-state index contributed by atoms with van der Waals surface area (Å²) in [5.74, 6) is -0.863. The summed E-state index contributed by atoms with van der Waals surface area (Å²) in [7, 11) is 0. The van der Waals surface area contributed by atoms with E-state index >= 15 is 0 Å². The van der Waals surface area contributed by atoms with Gasteiger partial charge in [-0.05, 0) is 23.3 Å². The maximum atomic E-state index is 12.8. The zero-order valence-electron chi connectivity index (χ0n) is 11.0. The van der Waals surface area contributed by atoms with Crippen molar-refractivity contribution >= 4 is 12.1 Å². The SMILES string of the molecule is O=CC(CC(=O)Cc1ccccc1)c1ccc(F)cc1. The summed E-state index contributed by atoms with van der Waals surface area (Å²) < 4.78 is 12.8. The number of aldehydes is 1. The largest absolute Gasteiger partial charge is 0.303 e. The zero-order chi connectivity index (χ0) is 14.4. The maximum absolute atomic E-state index is 12.8. The molecule has 2 aromatic rings. The summed E-state index contributed by atoms with van der Waals surface area (Å²) in [6.45, 7) is 0. The van der Waals surface area contributed by atoms with Gasteiger partial charge in [0.15, 0.2) is 0 Å². The summed E-state index contributed by atoms with van der Waals surface area (Å²) >= 11 is 0. The topological polar surface area (TPSA) is 34.1 Å². The molecule has 0 saturated carbocycles. The molecule has 0 bridgehead atoms. The van der Waals surface area contributed by atoms with E-state index in [4.69, 9.17) is 0 Å². The molecule has 3 heteroatoms. The molecular weight excluding hydrogens is 255 g/mol. The van der Waals surface area contributed by atoms with Crippen molar-refractivity contribution in [2.24, 2.45) is 0 Å². The number of carbonyl (C=O) groups excluding carboxylic acids is 2. The highest BCUT2D eigenvalue weighted by atomic mass is 19.1. The highest BCUT2D eigenvalue weighted by Crippen LogP contribution is 2.19. The number of ketones is 1. The number of halogens is 1. The van der Waals surface area contributed by atoms with Crippen LogP contribution >= 0.6 is 0 Å². The summed E-state index contributed by atoms with van der Waals surface area (Å²) in [5.41, 5.74) is 1.60. The Labute approximate surface area is 117 Å². The van der Waals surface area contributed by atoms with Gasteiger partial charge < -0.3 is 4.79 Å². The van der Waals surface area contributed by atoms with Gasteiger partial charge in [0.2, 0.25) is 0 Å². The van der Waals surface area contributed by atoms with Gasteiger partial charge in [-0.25, -0.2) is 4.39 Å². The molecule has 0 heterocycles. The first-order valence-electron chi connectivity index (χ1n) is 6.45. The Morgan fingerprint density at radius 1 is 1.05 bits per heavy atom.